The molecule has 0 heterocycles. The van der Waals surface area contributed by atoms with Gasteiger partial charge in [0.25, 0.3) is 0 Å². The number of rotatable bonds is 5. The molecule has 0 spiro atoms. The summed E-state index contributed by atoms with van der Waals surface area (Å²) in [6.07, 6.45) is 0.896. The van der Waals surface area contributed by atoms with Crippen molar-refractivity contribution >= 4 is 11.6 Å². The van der Waals surface area contributed by atoms with Gasteiger partial charge in [0.2, 0.25) is 0 Å². The van der Waals surface area contributed by atoms with Crippen molar-refractivity contribution < 1.29 is 10.2 Å². The number of hydrogen-bond donors (Lipinski definition) is 2. The number of aliphatic hydroxyl groups excluding tert-OH is 2. The van der Waals surface area contributed by atoms with Crippen molar-refractivity contribution in [2.75, 3.05) is 0 Å². The molecular weight excluding hydrogens is 212 g/mol. The van der Waals surface area contributed by atoms with Crippen LogP contribution in [0.3, 0.4) is 0 Å². The zero-order valence-corrected chi connectivity index (χ0v) is 9.61. The van der Waals surface area contributed by atoms with E-state index in [4.69, 9.17) is 11.6 Å². The van der Waals surface area contributed by atoms with Gasteiger partial charge in [0.15, 0.2) is 0 Å². The first-order chi connectivity index (χ1) is 7.16. The van der Waals surface area contributed by atoms with E-state index >= 15 is 0 Å². The van der Waals surface area contributed by atoms with Gasteiger partial charge in [-0.1, -0.05) is 49.6 Å². The molecule has 1 aromatic carbocycles. The molecule has 0 aromatic heterocycles. The van der Waals surface area contributed by atoms with Gasteiger partial charge in [0.1, 0.15) is 6.10 Å². The van der Waals surface area contributed by atoms with Crippen molar-refractivity contribution in [1.29, 1.82) is 0 Å². The van der Waals surface area contributed by atoms with Crippen LogP contribution in [0.4, 0.5) is 0 Å². The molecule has 0 amide bonds. The van der Waals surface area contributed by atoms with Crippen LogP contribution < -0.4 is 0 Å². The van der Waals surface area contributed by atoms with E-state index in [2.05, 4.69) is 6.92 Å². The first kappa shape index (κ1) is 12.5. The third kappa shape index (κ3) is 3.49. The van der Waals surface area contributed by atoms with E-state index in [0.717, 1.165) is 12.8 Å². The molecule has 15 heavy (non-hydrogen) atoms. The molecule has 0 unspecified atom stereocenters. The van der Waals surface area contributed by atoms with Gasteiger partial charge in [0.05, 0.1) is 6.10 Å². The predicted molar refractivity (Wildman–Crippen MR) is 61.9 cm³/mol. The maximum Gasteiger partial charge on any atom is 0.106 e. The van der Waals surface area contributed by atoms with Gasteiger partial charge in [-0.25, -0.2) is 0 Å². The Morgan fingerprint density at radius 1 is 1.27 bits per heavy atom. The van der Waals surface area contributed by atoms with Gasteiger partial charge in [-0.15, -0.1) is 0 Å². The molecule has 2 N–H and O–H groups in total. The monoisotopic (exact) mass is 228 g/mol. The van der Waals surface area contributed by atoms with Gasteiger partial charge < -0.3 is 10.2 Å². The smallest absolute Gasteiger partial charge is 0.106 e. The average Bonchev–Trinajstić information content (AvgIpc) is 2.25. The molecule has 0 fully saturated rings. The molecule has 1 rings (SSSR count). The number of unbranched alkanes of at least 4 members (excludes halogenated alkanes) is 1. The highest BCUT2D eigenvalue weighted by Gasteiger charge is 2.19. The van der Waals surface area contributed by atoms with Crippen molar-refractivity contribution in [2.24, 2.45) is 0 Å². The second kappa shape index (κ2) is 6.11. The SMILES string of the molecule is CCCC[C@@H](O)[C@H](O)c1ccccc1Cl. The summed E-state index contributed by atoms with van der Waals surface area (Å²) in [5, 5.41) is 20.1. The van der Waals surface area contributed by atoms with Crippen molar-refractivity contribution in [3.63, 3.8) is 0 Å². The summed E-state index contributed by atoms with van der Waals surface area (Å²) < 4.78 is 0. The minimum Gasteiger partial charge on any atom is -0.390 e. The zero-order valence-electron chi connectivity index (χ0n) is 8.86. The third-order valence-corrected chi connectivity index (χ3v) is 2.79. The molecule has 0 aliphatic rings. The molecule has 0 aliphatic carbocycles. The fourth-order valence-electron chi connectivity index (χ4n) is 1.49. The highest BCUT2D eigenvalue weighted by atomic mass is 35.5. The first-order valence-electron chi connectivity index (χ1n) is 5.27. The van der Waals surface area contributed by atoms with Crippen LogP contribution in [-0.4, -0.2) is 16.3 Å². The van der Waals surface area contributed by atoms with Crippen LogP contribution >= 0.6 is 11.6 Å². The Balaban J connectivity index is 2.67. The van der Waals surface area contributed by atoms with Gasteiger partial charge in [0, 0.05) is 10.6 Å². The second-order valence-electron chi connectivity index (χ2n) is 3.68. The second-order valence-corrected chi connectivity index (χ2v) is 4.08. The lowest BCUT2D eigenvalue weighted by Crippen LogP contribution is -2.18. The van der Waals surface area contributed by atoms with Crippen LogP contribution in [0.5, 0.6) is 0 Å². The van der Waals surface area contributed by atoms with Crippen LogP contribution in [0.15, 0.2) is 24.3 Å². The Morgan fingerprint density at radius 2 is 1.93 bits per heavy atom. The Kier molecular flexibility index (Phi) is 5.09. The summed E-state index contributed by atoms with van der Waals surface area (Å²) in [5.41, 5.74) is 0.600. The fourth-order valence-corrected chi connectivity index (χ4v) is 1.74. The summed E-state index contributed by atoms with van der Waals surface area (Å²) >= 11 is 5.93. The van der Waals surface area contributed by atoms with E-state index in [1.807, 2.05) is 0 Å². The standard InChI is InChI=1S/C12H17ClO2/c1-2-3-8-11(14)12(15)9-6-4-5-7-10(9)13/h4-7,11-12,14-15H,2-3,8H2,1H3/t11-,12-/m1/s1. The maximum absolute atomic E-state index is 9.86. The number of aliphatic hydroxyl groups is 2. The summed E-state index contributed by atoms with van der Waals surface area (Å²) in [4.78, 5) is 0. The van der Waals surface area contributed by atoms with E-state index < -0.39 is 12.2 Å². The highest BCUT2D eigenvalue weighted by Crippen LogP contribution is 2.26. The Labute approximate surface area is 95.5 Å². The van der Waals surface area contributed by atoms with E-state index in [1.165, 1.54) is 0 Å². The van der Waals surface area contributed by atoms with Crippen LogP contribution in [0, 0.1) is 0 Å². The molecule has 0 bridgehead atoms. The van der Waals surface area contributed by atoms with Crippen molar-refractivity contribution in [2.45, 2.75) is 38.4 Å². The molecule has 1 aromatic rings. The van der Waals surface area contributed by atoms with Gasteiger partial charge in [-0.3, -0.25) is 0 Å². The lowest BCUT2D eigenvalue weighted by Gasteiger charge is -2.18. The minimum absolute atomic E-state index is 0.501. The first-order valence-corrected chi connectivity index (χ1v) is 5.65. The zero-order chi connectivity index (χ0) is 11.3. The Morgan fingerprint density at radius 3 is 2.53 bits per heavy atom. The van der Waals surface area contributed by atoms with E-state index in [0.29, 0.717) is 17.0 Å². The average molecular weight is 229 g/mol. The maximum atomic E-state index is 9.86. The largest absolute Gasteiger partial charge is 0.390 e. The van der Waals surface area contributed by atoms with E-state index in [1.54, 1.807) is 24.3 Å². The minimum atomic E-state index is -0.884. The quantitative estimate of drug-likeness (QED) is 0.814. The van der Waals surface area contributed by atoms with Crippen LogP contribution in [0.1, 0.15) is 37.9 Å². The van der Waals surface area contributed by atoms with Crippen LogP contribution in [0.25, 0.3) is 0 Å². The fraction of sp³-hybridized carbons (Fsp3) is 0.500. The summed E-state index contributed by atoms with van der Waals surface area (Å²) in [6, 6.07) is 7.06. The normalized spacial score (nSPS) is 14.9. The Bertz CT molecular complexity index is 301. The summed E-state index contributed by atoms with van der Waals surface area (Å²) in [7, 11) is 0. The van der Waals surface area contributed by atoms with Crippen LogP contribution in [-0.2, 0) is 0 Å². The lowest BCUT2D eigenvalue weighted by molar-refractivity contribution is 0.0123. The molecule has 0 aliphatic heterocycles. The summed E-state index contributed by atoms with van der Waals surface area (Å²) in [5.74, 6) is 0. The van der Waals surface area contributed by atoms with Crippen molar-refractivity contribution in [3.05, 3.63) is 34.9 Å². The van der Waals surface area contributed by atoms with Gasteiger partial charge >= 0.3 is 0 Å². The van der Waals surface area contributed by atoms with Crippen molar-refractivity contribution in [3.8, 4) is 0 Å². The third-order valence-electron chi connectivity index (χ3n) is 2.44. The highest BCUT2D eigenvalue weighted by molar-refractivity contribution is 6.31. The molecule has 2 atom stereocenters. The molecule has 0 radical (unpaired) electrons. The van der Waals surface area contributed by atoms with Crippen LogP contribution in [0.2, 0.25) is 5.02 Å². The lowest BCUT2D eigenvalue weighted by atomic mass is 10.0. The molecular formula is C12H17ClO2. The number of halogens is 1. The molecule has 3 heteroatoms. The summed E-state index contributed by atoms with van der Waals surface area (Å²) in [6.45, 7) is 2.05. The molecule has 0 saturated heterocycles. The van der Waals surface area contributed by atoms with E-state index in [-0.39, 0.29) is 0 Å². The van der Waals surface area contributed by atoms with E-state index in [9.17, 15) is 10.2 Å². The topological polar surface area (TPSA) is 40.5 Å². The van der Waals surface area contributed by atoms with Gasteiger partial charge in [-0.2, -0.15) is 0 Å². The number of benzene rings is 1. The molecule has 84 valence electrons. The predicted octanol–water partition coefficient (Wildman–Crippen LogP) is 2.92. The molecule has 0 saturated carbocycles. The Hall–Kier alpha value is -0.570. The van der Waals surface area contributed by atoms with Gasteiger partial charge in [-0.05, 0) is 12.5 Å². The number of hydrogen-bond acceptors (Lipinski definition) is 2. The van der Waals surface area contributed by atoms with Crippen molar-refractivity contribution in [1.82, 2.24) is 0 Å². The molecule has 2 nitrogen and oxygen atoms in total.